The van der Waals surface area contributed by atoms with E-state index in [1.807, 2.05) is 18.2 Å². The summed E-state index contributed by atoms with van der Waals surface area (Å²) in [5.74, 6) is 0.0596. The molecule has 0 aliphatic rings. The summed E-state index contributed by atoms with van der Waals surface area (Å²) in [6.45, 7) is 1.59. The predicted molar refractivity (Wildman–Crippen MR) is 56.8 cm³/mol. The molecule has 0 N–H and O–H groups in total. The Labute approximate surface area is 111 Å². The third-order valence-electron chi connectivity index (χ3n) is 1.55. The van der Waals surface area contributed by atoms with Crippen LogP contribution >= 0.6 is 0 Å². The van der Waals surface area contributed by atoms with Gasteiger partial charge >= 0.3 is 35.5 Å². The van der Waals surface area contributed by atoms with E-state index < -0.39 is 12.1 Å². The third-order valence-corrected chi connectivity index (χ3v) is 1.55. The molecule has 0 saturated carbocycles. The number of benzene rings is 1. The number of ether oxygens (including phenoxy) is 1. The Morgan fingerprint density at radius 3 is 2.40 bits per heavy atom. The van der Waals surface area contributed by atoms with Gasteiger partial charge in [-0.2, -0.15) is 4.89 Å². The summed E-state index contributed by atoms with van der Waals surface area (Å²) in [5.41, 5.74) is 0. The van der Waals surface area contributed by atoms with Crippen LogP contribution in [-0.4, -0.2) is 48.7 Å². The van der Waals surface area contributed by atoms with Crippen LogP contribution in [0.2, 0.25) is 0 Å². The maximum atomic E-state index is 11.1. The van der Waals surface area contributed by atoms with Crippen LogP contribution in [0.4, 0.5) is 0 Å². The summed E-state index contributed by atoms with van der Waals surface area (Å²) in [7, 11) is 1.27. The number of hydrogen-bond acceptors (Lipinski definition) is 4. The van der Waals surface area contributed by atoms with Crippen molar-refractivity contribution in [3.63, 3.8) is 0 Å². The van der Waals surface area contributed by atoms with Gasteiger partial charge in [-0.25, -0.2) is 4.79 Å². The molecule has 15 heavy (non-hydrogen) atoms. The van der Waals surface area contributed by atoms with Crippen molar-refractivity contribution < 1.29 is 19.3 Å². The van der Waals surface area contributed by atoms with Crippen LogP contribution in [0.3, 0.4) is 0 Å². The van der Waals surface area contributed by atoms with Gasteiger partial charge in [0.2, 0.25) is 0 Å². The van der Waals surface area contributed by atoms with Crippen LogP contribution in [0.15, 0.2) is 30.3 Å². The van der Waals surface area contributed by atoms with Crippen molar-refractivity contribution in [3.05, 3.63) is 30.3 Å². The zero-order valence-corrected chi connectivity index (χ0v) is 8.10. The van der Waals surface area contributed by atoms with Crippen molar-refractivity contribution in [1.82, 2.24) is 0 Å². The van der Waals surface area contributed by atoms with Crippen LogP contribution in [0.1, 0.15) is 6.92 Å². The number of carbonyl (C=O) groups is 1. The standard InChI is InChI=1S/C10H12O4.Na.H/c1-8(10(11)14-12-2)13-9-6-4-3-5-7-9;;/h3-8H,1-2H3;;. The number of rotatable bonds is 4. The van der Waals surface area contributed by atoms with Gasteiger partial charge in [-0.15, -0.1) is 0 Å². The molecule has 1 aromatic carbocycles. The molecule has 0 aromatic heterocycles. The van der Waals surface area contributed by atoms with Crippen LogP contribution in [0, 0.1) is 0 Å². The second-order valence-electron chi connectivity index (χ2n) is 2.64. The summed E-state index contributed by atoms with van der Waals surface area (Å²) < 4.78 is 5.27. The molecule has 0 spiro atoms. The molecule has 4 nitrogen and oxygen atoms in total. The fraction of sp³-hybridized carbons (Fsp3) is 0.300. The molecule has 0 heterocycles. The molecule has 0 radical (unpaired) electrons. The molecule has 5 heteroatoms. The molecule has 0 aliphatic heterocycles. The first kappa shape index (κ1) is 14.5. The van der Waals surface area contributed by atoms with E-state index in [9.17, 15) is 4.79 Å². The fourth-order valence-corrected chi connectivity index (χ4v) is 0.901. The molecule has 0 aliphatic carbocycles. The summed E-state index contributed by atoms with van der Waals surface area (Å²) in [4.78, 5) is 19.6. The third kappa shape index (κ3) is 5.18. The van der Waals surface area contributed by atoms with Crippen molar-refractivity contribution in [1.29, 1.82) is 0 Å². The first-order chi connectivity index (χ1) is 6.74. The van der Waals surface area contributed by atoms with Gasteiger partial charge in [0.25, 0.3) is 0 Å². The summed E-state index contributed by atoms with van der Waals surface area (Å²) in [6.07, 6.45) is -0.683. The van der Waals surface area contributed by atoms with Crippen LogP contribution < -0.4 is 4.74 Å². The second kappa shape index (κ2) is 7.70. The molecule has 1 rings (SSSR count). The monoisotopic (exact) mass is 220 g/mol. The van der Waals surface area contributed by atoms with E-state index in [2.05, 4.69) is 9.78 Å². The summed E-state index contributed by atoms with van der Waals surface area (Å²) >= 11 is 0. The molecule has 0 bridgehead atoms. The molecular formula is C10H13NaO4. The normalized spacial score (nSPS) is 11.1. The van der Waals surface area contributed by atoms with E-state index in [1.165, 1.54) is 7.11 Å². The maximum absolute atomic E-state index is 11.1. The molecule has 78 valence electrons. The average molecular weight is 220 g/mol. The van der Waals surface area contributed by atoms with Crippen LogP contribution in [-0.2, 0) is 14.6 Å². The van der Waals surface area contributed by atoms with E-state index in [0.29, 0.717) is 5.75 Å². The van der Waals surface area contributed by atoms with Crippen molar-refractivity contribution in [3.8, 4) is 5.75 Å². The molecule has 0 saturated heterocycles. The van der Waals surface area contributed by atoms with Gasteiger partial charge in [0, 0.05) is 0 Å². The Morgan fingerprint density at radius 2 is 1.87 bits per heavy atom. The average Bonchev–Trinajstić information content (AvgIpc) is 2.19. The fourth-order valence-electron chi connectivity index (χ4n) is 0.901. The molecule has 0 amide bonds. The van der Waals surface area contributed by atoms with Crippen LogP contribution in [0.25, 0.3) is 0 Å². The second-order valence-corrected chi connectivity index (χ2v) is 2.64. The minimum absolute atomic E-state index is 0. The minimum atomic E-state index is -0.683. The van der Waals surface area contributed by atoms with Gasteiger partial charge in [0.1, 0.15) is 5.75 Å². The Morgan fingerprint density at radius 1 is 1.27 bits per heavy atom. The van der Waals surface area contributed by atoms with E-state index in [1.54, 1.807) is 19.1 Å². The number of para-hydroxylation sites is 1. The van der Waals surface area contributed by atoms with Gasteiger partial charge in [-0.1, -0.05) is 18.2 Å². The first-order valence-electron chi connectivity index (χ1n) is 4.20. The number of hydrogen-bond donors (Lipinski definition) is 0. The van der Waals surface area contributed by atoms with Crippen LogP contribution in [0.5, 0.6) is 5.75 Å². The Balaban J connectivity index is 0.00000196. The van der Waals surface area contributed by atoms with Gasteiger partial charge in [0.15, 0.2) is 6.10 Å². The van der Waals surface area contributed by atoms with Gasteiger partial charge in [0.05, 0.1) is 7.11 Å². The van der Waals surface area contributed by atoms with Crippen molar-refractivity contribution >= 4 is 35.5 Å². The molecule has 1 aromatic rings. The quantitative estimate of drug-likeness (QED) is 0.430. The first-order valence-corrected chi connectivity index (χ1v) is 4.20. The van der Waals surface area contributed by atoms with E-state index in [0.717, 1.165) is 0 Å². The molecule has 1 unspecified atom stereocenters. The zero-order chi connectivity index (χ0) is 10.4. The summed E-state index contributed by atoms with van der Waals surface area (Å²) in [5, 5.41) is 0. The Bertz CT molecular complexity index is 289. The van der Waals surface area contributed by atoms with Crippen molar-refractivity contribution in [2.45, 2.75) is 13.0 Å². The summed E-state index contributed by atoms with van der Waals surface area (Å²) in [6, 6.07) is 9.03. The zero-order valence-electron chi connectivity index (χ0n) is 8.10. The van der Waals surface area contributed by atoms with Crippen molar-refractivity contribution in [2.24, 2.45) is 0 Å². The van der Waals surface area contributed by atoms with E-state index in [4.69, 9.17) is 4.74 Å². The number of carbonyl (C=O) groups excluding carboxylic acids is 1. The molecule has 1 atom stereocenters. The van der Waals surface area contributed by atoms with Gasteiger partial charge in [-0.3, -0.25) is 4.89 Å². The Kier molecular flexibility index (Phi) is 7.42. The molecule has 0 fully saturated rings. The topological polar surface area (TPSA) is 44.8 Å². The predicted octanol–water partition coefficient (Wildman–Crippen LogP) is 0.910. The Hall–Kier alpha value is -0.550. The van der Waals surface area contributed by atoms with Gasteiger partial charge in [-0.05, 0) is 19.1 Å². The van der Waals surface area contributed by atoms with Crippen molar-refractivity contribution in [2.75, 3.05) is 7.11 Å². The molecular weight excluding hydrogens is 207 g/mol. The van der Waals surface area contributed by atoms with Gasteiger partial charge < -0.3 is 4.74 Å². The SMILES string of the molecule is COOC(=O)C(C)Oc1ccccc1.[NaH]. The van der Waals surface area contributed by atoms with E-state index in [-0.39, 0.29) is 29.6 Å². The van der Waals surface area contributed by atoms with E-state index >= 15 is 0 Å².